The predicted octanol–water partition coefficient (Wildman–Crippen LogP) is 3.24. The lowest BCUT2D eigenvalue weighted by Crippen LogP contribution is -2.38. The molecule has 0 aliphatic carbocycles. The molecule has 3 aromatic rings. The SMILES string of the molecule is COCc1cc2c(Nc3cc([C@H]4C[C@@H](OC(=O)N[C@H](C)CC(F)(F)F)CO4)[nH]n3)nccn2n1. The second-order valence-corrected chi connectivity index (χ2v) is 7.96. The number of aromatic nitrogens is 5. The molecule has 3 N–H and O–H groups in total. The molecule has 0 aromatic carbocycles. The number of rotatable bonds is 8. The van der Waals surface area contributed by atoms with E-state index in [1.165, 1.54) is 6.92 Å². The lowest BCUT2D eigenvalue weighted by molar-refractivity contribution is -0.138. The van der Waals surface area contributed by atoms with Crippen LogP contribution in [0.15, 0.2) is 24.5 Å². The Morgan fingerprint density at radius 1 is 1.41 bits per heavy atom. The summed E-state index contributed by atoms with van der Waals surface area (Å²) in [7, 11) is 1.59. The molecule has 0 bridgehead atoms. The molecule has 0 unspecified atom stereocenters. The Kier molecular flexibility index (Phi) is 6.88. The fourth-order valence-electron chi connectivity index (χ4n) is 3.66. The van der Waals surface area contributed by atoms with Crippen molar-refractivity contribution in [3.8, 4) is 0 Å². The molecule has 4 heterocycles. The first-order chi connectivity index (χ1) is 16.2. The van der Waals surface area contributed by atoms with E-state index in [9.17, 15) is 18.0 Å². The van der Waals surface area contributed by atoms with Gasteiger partial charge in [0.15, 0.2) is 11.6 Å². The number of nitrogens with zero attached hydrogens (tertiary/aromatic N) is 4. The number of methoxy groups -OCH3 is 1. The van der Waals surface area contributed by atoms with Crippen molar-refractivity contribution in [3.05, 3.63) is 35.9 Å². The molecule has 0 radical (unpaired) electrons. The average Bonchev–Trinajstić information content (AvgIpc) is 3.46. The van der Waals surface area contributed by atoms with Crippen LogP contribution in [0.5, 0.6) is 0 Å². The molecule has 1 fully saturated rings. The van der Waals surface area contributed by atoms with Gasteiger partial charge in [-0.2, -0.15) is 23.4 Å². The molecule has 4 rings (SSSR count). The number of fused-ring (bicyclic) bond motifs is 1. The molecule has 1 saturated heterocycles. The van der Waals surface area contributed by atoms with Crippen LogP contribution in [-0.2, 0) is 20.8 Å². The van der Waals surface area contributed by atoms with Crippen LogP contribution in [0.25, 0.3) is 5.52 Å². The minimum atomic E-state index is -4.37. The molecule has 1 aliphatic rings. The van der Waals surface area contributed by atoms with E-state index in [0.717, 1.165) is 11.2 Å². The van der Waals surface area contributed by atoms with E-state index >= 15 is 0 Å². The fraction of sp³-hybridized carbons (Fsp3) is 0.500. The Morgan fingerprint density at radius 2 is 2.24 bits per heavy atom. The maximum atomic E-state index is 12.4. The quantitative estimate of drug-likeness (QED) is 0.446. The molecule has 184 valence electrons. The number of hydrogen-bond acceptors (Lipinski definition) is 8. The maximum absolute atomic E-state index is 12.4. The van der Waals surface area contributed by atoms with Gasteiger partial charge in [-0.1, -0.05) is 0 Å². The third-order valence-corrected chi connectivity index (χ3v) is 5.06. The lowest BCUT2D eigenvalue weighted by atomic mass is 10.1. The van der Waals surface area contributed by atoms with Crippen LogP contribution in [0.2, 0.25) is 0 Å². The van der Waals surface area contributed by atoms with E-state index in [4.69, 9.17) is 14.2 Å². The summed E-state index contributed by atoms with van der Waals surface area (Å²) in [4.78, 5) is 16.2. The van der Waals surface area contributed by atoms with Crippen LogP contribution in [0.1, 0.15) is 37.3 Å². The second kappa shape index (κ2) is 9.85. The summed E-state index contributed by atoms with van der Waals surface area (Å²) in [6, 6.07) is 2.51. The van der Waals surface area contributed by atoms with Gasteiger partial charge < -0.3 is 24.8 Å². The molecule has 14 heteroatoms. The fourth-order valence-corrected chi connectivity index (χ4v) is 3.66. The van der Waals surface area contributed by atoms with Crippen LogP contribution in [-0.4, -0.2) is 62.9 Å². The number of anilines is 2. The second-order valence-electron chi connectivity index (χ2n) is 7.96. The third-order valence-electron chi connectivity index (χ3n) is 5.06. The molecule has 0 saturated carbocycles. The minimum Gasteiger partial charge on any atom is -0.444 e. The van der Waals surface area contributed by atoms with Gasteiger partial charge >= 0.3 is 12.3 Å². The largest absolute Gasteiger partial charge is 0.444 e. The van der Waals surface area contributed by atoms with Crippen molar-refractivity contribution in [1.29, 1.82) is 0 Å². The topological polar surface area (TPSA) is 128 Å². The average molecular weight is 483 g/mol. The number of alkyl carbamates (subject to hydrolysis) is 1. The number of hydrogen-bond donors (Lipinski definition) is 3. The molecule has 3 atom stereocenters. The van der Waals surface area contributed by atoms with Gasteiger partial charge in [0.2, 0.25) is 0 Å². The highest BCUT2D eigenvalue weighted by Crippen LogP contribution is 2.31. The first kappa shape index (κ1) is 23.8. The third kappa shape index (κ3) is 5.94. The van der Waals surface area contributed by atoms with Crippen LogP contribution in [0.4, 0.5) is 29.6 Å². The number of aromatic amines is 1. The smallest absolute Gasteiger partial charge is 0.407 e. The number of nitrogens with one attached hydrogen (secondary N) is 3. The van der Waals surface area contributed by atoms with Gasteiger partial charge in [-0.3, -0.25) is 5.10 Å². The van der Waals surface area contributed by atoms with Gasteiger partial charge in [0.1, 0.15) is 17.7 Å². The Labute approximate surface area is 192 Å². The first-order valence-corrected chi connectivity index (χ1v) is 10.5. The monoisotopic (exact) mass is 483 g/mol. The van der Waals surface area contributed by atoms with Gasteiger partial charge in [-0.05, 0) is 13.0 Å². The van der Waals surface area contributed by atoms with Crippen LogP contribution in [0.3, 0.4) is 0 Å². The molecule has 1 aliphatic heterocycles. The Bertz CT molecular complexity index is 1130. The summed E-state index contributed by atoms with van der Waals surface area (Å²) >= 11 is 0. The van der Waals surface area contributed by atoms with Crippen molar-refractivity contribution in [2.45, 2.75) is 50.8 Å². The van der Waals surface area contributed by atoms with Crippen molar-refractivity contribution in [2.24, 2.45) is 0 Å². The number of ether oxygens (including phenoxy) is 3. The van der Waals surface area contributed by atoms with Crippen LogP contribution < -0.4 is 10.6 Å². The zero-order valence-electron chi connectivity index (χ0n) is 18.4. The molecule has 34 heavy (non-hydrogen) atoms. The molecular weight excluding hydrogens is 459 g/mol. The van der Waals surface area contributed by atoms with Crippen molar-refractivity contribution < 1.29 is 32.2 Å². The molecule has 3 aromatic heterocycles. The molecule has 11 nitrogen and oxygen atoms in total. The summed E-state index contributed by atoms with van der Waals surface area (Å²) in [5.74, 6) is 1.05. The van der Waals surface area contributed by atoms with Gasteiger partial charge in [-0.15, -0.1) is 0 Å². The van der Waals surface area contributed by atoms with Gasteiger partial charge in [-0.25, -0.2) is 14.3 Å². The standard InChI is InChI=1S/C20H24F3N7O4/c1-11(8-20(21,22)23)25-19(31)34-13-6-16(33-10-13)14-7-17(28-27-14)26-18-15-5-12(9-32-2)29-30(15)4-3-24-18/h3-5,7,11,13,16H,6,8-10H2,1-2H3,(H,25,31)(H2,24,26,27,28)/t11-,13-,16-/m1/s1. The number of halogens is 3. The summed E-state index contributed by atoms with van der Waals surface area (Å²) in [6.45, 7) is 1.75. The Hall–Kier alpha value is -3.39. The maximum Gasteiger partial charge on any atom is 0.407 e. The van der Waals surface area contributed by atoms with Crippen molar-refractivity contribution in [3.63, 3.8) is 0 Å². The zero-order valence-corrected chi connectivity index (χ0v) is 18.4. The van der Waals surface area contributed by atoms with E-state index < -0.39 is 36.9 Å². The van der Waals surface area contributed by atoms with Crippen molar-refractivity contribution in [2.75, 3.05) is 19.0 Å². The highest BCUT2D eigenvalue weighted by atomic mass is 19.4. The van der Waals surface area contributed by atoms with Gasteiger partial charge in [0.25, 0.3) is 0 Å². The lowest BCUT2D eigenvalue weighted by Gasteiger charge is -2.17. The minimum absolute atomic E-state index is 0.118. The van der Waals surface area contributed by atoms with Crippen molar-refractivity contribution >= 4 is 23.2 Å². The number of H-pyrrole nitrogens is 1. The first-order valence-electron chi connectivity index (χ1n) is 10.5. The van der Waals surface area contributed by atoms with Crippen LogP contribution in [0, 0.1) is 0 Å². The van der Waals surface area contributed by atoms with E-state index in [1.54, 1.807) is 30.1 Å². The summed E-state index contributed by atoms with van der Waals surface area (Å²) in [5, 5.41) is 16.8. The molecule has 1 amide bonds. The summed E-state index contributed by atoms with van der Waals surface area (Å²) in [6.07, 6.45) is -3.76. The number of carbonyl (C=O) groups is 1. The zero-order chi connectivity index (χ0) is 24.3. The number of carbonyl (C=O) groups excluding carboxylic acids is 1. The van der Waals surface area contributed by atoms with E-state index in [1.807, 2.05) is 6.07 Å². The highest BCUT2D eigenvalue weighted by molar-refractivity contribution is 5.72. The summed E-state index contributed by atoms with van der Waals surface area (Å²) in [5.41, 5.74) is 2.15. The van der Waals surface area contributed by atoms with Gasteiger partial charge in [0.05, 0.1) is 31.0 Å². The Balaban J connectivity index is 1.33. The Morgan fingerprint density at radius 3 is 3.00 bits per heavy atom. The molecule has 0 spiro atoms. The summed E-state index contributed by atoms with van der Waals surface area (Å²) < 4.78 is 54.9. The van der Waals surface area contributed by atoms with Gasteiger partial charge in [0, 0.05) is 38.0 Å². The number of alkyl halides is 3. The predicted molar refractivity (Wildman–Crippen MR) is 112 cm³/mol. The number of amides is 1. The van der Waals surface area contributed by atoms with Crippen LogP contribution >= 0.6 is 0 Å². The molecular formula is C20H24F3N7O4. The van der Waals surface area contributed by atoms with E-state index in [-0.39, 0.29) is 6.61 Å². The van der Waals surface area contributed by atoms with Crippen molar-refractivity contribution in [1.82, 2.24) is 30.1 Å². The van der Waals surface area contributed by atoms with E-state index in [0.29, 0.717) is 30.4 Å². The van der Waals surface area contributed by atoms with E-state index in [2.05, 4.69) is 30.9 Å². The highest BCUT2D eigenvalue weighted by Gasteiger charge is 2.33. The normalized spacial score (nSPS) is 19.3.